The summed E-state index contributed by atoms with van der Waals surface area (Å²) >= 11 is 0. The average molecular weight is 497 g/mol. The molecule has 0 saturated carbocycles. The largest absolute Gasteiger partial charge is 0.444 e. The third-order valence-electron chi connectivity index (χ3n) is 8.00. The van der Waals surface area contributed by atoms with Gasteiger partial charge in [-0.3, -0.25) is 4.79 Å². The van der Waals surface area contributed by atoms with E-state index in [-0.39, 0.29) is 23.3 Å². The first-order valence-corrected chi connectivity index (χ1v) is 13.3. The first-order chi connectivity index (χ1) is 16.0. The lowest BCUT2D eigenvalue weighted by molar-refractivity contribution is -0.240. The zero-order valence-corrected chi connectivity index (χ0v) is 23.1. The Kier molecular flexibility index (Phi) is 8.20. The van der Waals surface area contributed by atoms with Gasteiger partial charge < -0.3 is 29.5 Å². The fourth-order valence-electron chi connectivity index (χ4n) is 5.61. The second kappa shape index (κ2) is 10.2. The maximum Gasteiger partial charge on any atom is 0.408 e. The van der Waals surface area contributed by atoms with E-state index in [0.29, 0.717) is 32.5 Å². The summed E-state index contributed by atoms with van der Waals surface area (Å²) in [5.74, 6) is 0.210. The molecule has 3 aliphatic heterocycles. The zero-order chi connectivity index (χ0) is 26.2. The molecule has 0 unspecified atom stereocenters. The monoisotopic (exact) mass is 496 g/mol. The van der Waals surface area contributed by atoms with E-state index in [1.54, 1.807) is 0 Å². The molecule has 202 valence electrons. The van der Waals surface area contributed by atoms with Crippen LogP contribution in [0.15, 0.2) is 0 Å². The van der Waals surface area contributed by atoms with Gasteiger partial charge in [-0.1, -0.05) is 13.8 Å². The van der Waals surface area contributed by atoms with Crippen LogP contribution in [0.1, 0.15) is 93.9 Å². The summed E-state index contributed by atoms with van der Waals surface area (Å²) in [5.41, 5.74) is -1.67. The van der Waals surface area contributed by atoms with Gasteiger partial charge in [0.25, 0.3) is 0 Å². The van der Waals surface area contributed by atoms with Gasteiger partial charge >= 0.3 is 6.09 Å². The Morgan fingerprint density at radius 2 is 1.77 bits per heavy atom. The number of rotatable bonds is 4. The Labute approximate surface area is 211 Å². The van der Waals surface area contributed by atoms with Gasteiger partial charge in [-0.05, 0) is 91.4 Å². The van der Waals surface area contributed by atoms with Crippen molar-refractivity contribution in [1.29, 1.82) is 0 Å². The fraction of sp³-hybridized carbons (Fsp3) is 0.926. The van der Waals surface area contributed by atoms with Gasteiger partial charge in [-0.15, -0.1) is 0 Å². The van der Waals surface area contributed by atoms with Gasteiger partial charge in [0.1, 0.15) is 11.6 Å². The van der Waals surface area contributed by atoms with E-state index in [9.17, 15) is 14.7 Å². The molecule has 0 aromatic rings. The van der Waals surface area contributed by atoms with E-state index in [1.165, 1.54) is 0 Å². The Hall–Kier alpha value is -1.38. The maximum atomic E-state index is 13.4. The molecule has 0 aromatic heterocycles. The lowest BCUT2D eigenvalue weighted by Crippen LogP contribution is -2.59. The fourth-order valence-corrected chi connectivity index (χ4v) is 5.61. The summed E-state index contributed by atoms with van der Waals surface area (Å²) in [6.45, 7) is 17.5. The summed E-state index contributed by atoms with van der Waals surface area (Å²) in [6.07, 6.45) is 3.37. The van der Waals surface area contributed by atoms with Crippen molar-refractivity contribution in [1.82, 2.24) is 10.2 Å². The van der Waals surface area contributed by atoms with Crippen LogP contribution in [0.5, 0.6) is 0 Å². The molecule has 4 atom stereocenters. The van der Waals surface area contributed by atoms with Crippen LogP contribution >= 0.6 is 0 Å². The molecule has 3 saturated heterocycles. The second-order valence-corrected chi connectivity index (χ2v) is 13.2. The van der Waals surface area contributed by atoms with Crippen molar-refractivity contribution >= 4 is 12.0 Å². The molecule has 3 fully saturated rings. The number of carbonyl (C=O) groups is 2. The molecule has 0 aromatic carbocycles. The summed E-state index contributed by atoms with van der Waals surface area (Å²) in [6, 6.07) is -0.600. The number of aliphatic hydroxyl groups excluding tert-OH is 1. The smallest absolute Gasteiger partial charge is 0.408 e. The number of hydrogen-bond donors (Lipinski definition) is 2. The summed E-state index contributed by atoms with van der Waals surface area (Å²) in [5, 5.41) is 13.4. The molecular weight excluding hydrogens is 448 g/mol. The molecule has 2 amide bonds. The molecule has 8 nitrogen and oxygen atoms in total. The molecule has 3 heterocycles. The Morgan fingerprint density at radius 3 is 2.34 bits per heavy atom. The summed E-state index contributed by atoms with van der Waals surface area (Å²) < 4.78 is 18.3. The first kappa shape index (κ1) is 28.2. The van der Waals surface area contributed by atoms with E-state index in [2.05, 4.69) is 12.2 Å². The Bertz CT molecular complexity index is 768. The Morgan fingerprint density at radius 1 is 1.14 bits per heavy atom. The lowest BCUT2D eigenvalue weighted by Gasteiger charge is -2.52. The zero-order valence-electron chi connectivity index (χ0n) is 23.1. The number of likely N-dealkylation sites (tertiary alicyclic amines) is 1. The van der Waals surface area contributed by atoms with Crippen LogP contribution in [0.4, 0.5) is 4.79 Å². The van der Waals surface area contributed by atoms with Gasteiger partial charge in [0, 0.05) is 13.1 Å². The topological polar surface area (TPSA) is 97.3 Å². The predicted molar refractivity (Wildman–Crippen MR) is 134 cm³/mol. The van der Waals surface area contributed by atoms with Crippen LogP contribution in [0.2, 0.25) is 0 Å². The minimum atomic E-state index is -0.618. The molecule has 8 heteroatoms. The minimum absolute atomic E-state index is 0.0432. The number of ether oxygens (including phenoxy) is 3. The van der Waals surface area contributed by atoms with E-state index >= 15 is 0 Å². The van der Waals surface area contributed by atoms with Crippen molar-refractivity contribution in [3.63, 3.8) is 0 Å². The highest BCUT2D eigenvalue weighted by atomic mass is 16.6. The number of hydrogen-bond acceptors (Lipinski definition) is 6. The standard InChI is InChI=1S/C27H48N2O6/c1-18(2)15-19(28-23(32)35-24(3,4)5)22(31)29-13-11-27(12-14-29)16-21-26(8,33-17-27)10-9-20(30)25(6,7)34-21/h18-21,30H,9-17H2,1-8H3,(H,28,32)/t19-,20-,21-,26+/m0/s1. The average Bonchev–Trinajstić information content (AvgIpc) is 2.81. The molecule has 1 spiro atoms. The van der Waals surface area contributed by atoms with Crippen LogP contribution in [0, 0.1) is 11.3 Å². The second-order valence-electron chi connectivity index (χ2n) is 13.2. The van der Waals surface area contributed by atoms with Crippen molar-refractivity contribution in [3.05, 3.63) is 0 Å². The highest BCUT2D eigenvalue weighted by Gasteiger charge is 2.53. The number of carbonyl (C=O) groups excluding carboxylic acids is 2. The van der Waals surface area contributed by atoms with E-state index in [1.807, 2.05) is 53.4 Å². The van der Waals surface area contributed by atoms with Crippen molar-refractivity contribution in [3.8, 4) is 0 Å². The number of nitrogens with zero attached hydrogens (tertiary/aromatic N) is 1. The van der Waals surface area contributed by atoms with Gasteiger partial charge in [0.15, 0.2) is 0 Å². The lowest BCUT2D eigenvalue weighted by atomic mass is 9.69. The number of alkyl carbamates (subject to hydrolysis) is 1. The van der Waals surface area contributed by atoms with Gasteiger partial charge in [-0.2, -0.15) is 0 Å². The van der Waals surface area contributed by atoms with E-state index < -0.39 is 35.0 Å². The quantitative estimate of drug-likeness (QED) is 0.610. The van der Waals surface area contributed by atoms with Crippen LogP contribution in [0.3, 0.4) is 0 Å². The van der Waals surface area contributed by atoms with Crippen molar-refractivity contribution in [2.45, 2.75) is 129 Å². The Balaban J connectivity index is 1.64. The third-order valence-corrected chi connectivity index (χ3v) is 8.00. The van der Waals surface area contributed by atoms with E-state index in [0.717, 1.165) is 25.7 Å². The molecule has 2 N–H and O–H groups in total. The number of piperidine rings is 1. The number of aliphatic hydroxyl groups is 1. The normalized spacial score (nSPS) is 31.4. The van der Waals surface area contributed by atoms with Crippen LogP contribution in [-0.4, -0.2) is 76.8 Å². The molecule has 0 bridgehead atoms. The van der Waals surface area contributed by atoms with Crippen LogP contribution < -0.4 is 5.32 Å². The van der Waals surface area contributed by atoms with Gasteiger partial charge in [0.2, 0.25) is 5.91 Å². The van der Waals surface area contributed by atoms with Crippen molar-refractivity contribution in [2.24, 2.45) is 11.3 Å². The third kappa shape index (κ3) is 6.89. The van der Waals surface area contributed by atoms with Crippen molar-refractivity contribution in [2.75, 3.05) is 19.7 Å². The number of fused-ring (bicyclic) bond motifs is 1. The highest BCUT2D eigenvalue weighted by molar-refractivity contribution is 5.85. The van der Waals surface area contributed by atoms with Gasteiger partial charge in [-0.25, -0.2) is 4.79 Å². The highest BCUT2D eigenvalue weighted by Crippen LogP contribution is 2.49. The first-order valence-electron chi connectivity index (χ1n) is 13.3. The van der Waals surface area contributed by atoms with Crippen LogP contribution in [-0.2, 0) is 19.0 Å². The molecular formula is C27H48N2O6. The molecule has 3 rings (SSSR count). The van der Waals surface area contributed by atoms with E-state index in [4.69, 9.17) is 14.2 Å². The van der Waals surface area contributed by atoms with Gasteiger partial charge in [0.05, 0.1) is 30.0 Å². The summed E-state index contributed by atoms with van der Waals surface area (Å²) in [4.78, 5) is 27.7. The minimum Gasteiger partial charge on any atom is -0.444 e. The predicted octanol–water partition coefficient (Wildman–Crippen LogP) is 4.03. The van der Waals surface area contributed by atoms with Crippen LogP contribution in [0.25, 0.3) is 0 Å². The SMILES string of the molecule is CC(C)C[C@H](NC(=O)OC(C)(C)C)C(=O)N1CCC2(CC1)CO[C@]1(C)CC[C@H](O)C(C)(C)O[C@H]1C2. The number of nitrogens with one attached hydrogen (secondary N) is 1. The molecule has 3 aliphatic rings. The molecule has 0 radical (unpaired) electrons. The maximum absolute atomic E-state index is 13.4. The summed E-state index contributed by atoms with van der Waals surface area (Å²) in [7, 11) is 0. The number of amides is 2. The van der Waals surface area contributed by atoms with Crippen molar-refractivity contribution < 1.29 is 28.9 Å². The molecule has 0 aliphatic carbocycles. The molecule has 35 heavy (non-hydrogen) atoms.